The van der Waals surface area contributed by atoms with Crippen LogP contribution in [0, 0.1) is 11.8 Å². The van der Waals surface area contributed by atoms with Crippen LogP contribution < -0.4 is 5.32 Å². The van der Waals surface area contributed by atoms with Gasteiger partial charge in [0, 0.05) is 6.04 Å². The van der Waals surface area contributed by atoms with E-state index in [-0.39, 0.29) is 5.91 Å². The highest BCUT2D eigenvalue weighted by Crippen LogP contribution is 2.44. The van der Waals surface area contributed by atoms with Gasteiger partial charge < -0.3 is 5.32 Å². The van der Waals surface area contributed by atoms with Crippen LogP contribution in [0.25, 0.3) is 0 Å². The lowest BCUT2D eigenvalue weighted by Gasteiger charge is -2.23. The fourth-order valence-electron chi connectivity index (χ4n) is 3.35. The van der Waals surface area contributed by atoms with Crippen molar-refractivity contribution in [2.45, 2.75) is 31.7 Å². The Morgan fingerprint density at radius 2 is 2.06 bits per heavy atom. The van der Waals surface area contributed by atoms with E-state index in [1.165, 1.54) is 19.3 Å². The number of hydrogen-bond donors (Lipinski definition) is 1. The van der Waals surface area contributed by atoms with E-state index in [0.29, 0.717) is 27.6 Å². The first-order chi connectivity index (χ1) is 8.65. The molecule has 3 rings (SSSR count). The van der Waals surface area contributed by atoms with Gasteiger partial charge >= 0.3 is 0 Å². The first kappa shape index (κ1) is 12.3. The quantitative estimate of drug-likeness (QED) is 0.876. The van der Waals surface area contributed by atoms with Crippen LogP contribution in [0.1, 0.15) is 36.0 Å². The van der Waals surface area contributed by atoms with Gasteiger partial charge in [0.25, 0.3) is 5.91 Å². The molecule has 0 heterocycles. The van der Waals surface area contributed by atoms with Gasteiger partial charge in [-0.1, -0.05) is 35.7 Å². The maximum atomic E-state index is 12.2. The number of rotatable bonds is 2. The molecule has 3 unspecified atom stereocenters. The van der Waals surface area contributed by atoms with Gasteiger partial charge in [0.05, 0.1) is 15.6 Å². The number of carbonyl (C=O) groups is 1. The van der Waals surface area contributed by atoms with Gasteiger partial charge in [-0.05, 0) is 43.2 Å². The lowest BCUT2D eigenvalue weighted by Crippen LogP contribution is -2.38. The minimum Gasteiger partial charge on any atom is -0.349 e. The summed E-state index contributed by atoms with van der Waals surface area (Å²) >= 11 is 12.0. The minimum atomic E-state index is -0.0972. The maximum Gasteiger partial charge on any atom is 0.253 e. The fraction of sp³-hybridized carbons (Fsp3) is 0.500. The van der Waals surface area contributed by atoms with Crippen molar-refractivity contribution in [3.05, 3.63) is 33.8 Å². The van der Waals surface area contributed by atoms with E-state index in [4.69, 9.17) is 23.2 Å². The van der Waals surface area contributed by atoms with Crippen molar-refractivity contribution in [1.82, 2.24) is 5.32 Å². The highest BCUT2D eigenvalue weighted by molar-refractivity contribution is 6.43. The molecule has 2 aliphatic carbocycles. The standard InChI is InChI=1S/C14H15Cl2NO/c15-11-3-1-2-10(13(11)16)14(18)17-12-7-8-4-5-9(12)6-8/h1-3,8-9,12H,4-7H2,(H,17,18). The molecule has 18 heavy (non-hydrogen) atoms. The second-order valence-electron chi connectivity index (χ2n) is 5.36. The molecule has 0 aromatic heterocycles. The number of benzene rings is 1. The zero-order chi connectivity index (χ0) is 12.7. The zero-order valence-corrected chi connectivity index (χ0v) is 11.5. The number of hydrogen-bond acceptors (Lipinski definition) is 1. The first-order valence-corrected chi connectivity index (χ1v) is 7.15. The molecule has 1 N–H and O–H groups in total. The molecule has 1 amide bonds. The van der Waals surface area contributed by atoms with Crippen molar-refractivity contribution in [2.75, 3.05) is 0 Å². The Morgan fingerprint density at radius 1 is 1.22 bits per heavy atom. The van der Waals surface area contributed by atoms with Crippen LogP contribution in [0.2, 0.25) is 10.0 Å². The number of nitrogens with one attached hydrogen (secondary N) is 1. The molecule has 96 valence electrons. The zero-order valence-electron chi connectivity index (χ0n) is 9.96. The molecule has 4 heteroatoms. The number of fused-ring (bicyclic) bond motifs is 2. The van der Waals surface area contributed by atoms with Crippen LogP contribution in [0.3, 0.4) is 0 Å². The van der Waals surface area contributed by atoms with Crippen LogP contribution in [0.5, 0.6) is 0 Å². The molecule has 0 spiro atoms. The molecule has 0 aliphatic heterocycles. The van der Waals surface area contributed by atoms with Crippen molar-refractivity contribution in [3.63, 3.8) is 0 Å². The van der Waals surface area contributed by atoms with E-state index < -0.39 is 0 Å². The second kappa shape index (κ2) is 4.75. The summed E-state index contributed by atoms with van der Waals surface area (Å²) in [6, 6.07) is 5.49. The number of halogens is 2. The van der Waals surface area contributed by atoms with Crippen LogP contribution in [-0.2, 0) is 0 Å². The van der Waals surface area contributed by atoms with E-state index >= 15 is 0 Å². The predicted molar refractivity (Wildman–Crippen MR) is 73.2 cm³/mol. The van der Waals surface area contributed by atoms with Gasteiger partial charge in [-0.25, -0.2) is 0 Å². The SMILES string of the molecule is O=C(NC1CC2CCC1C2)c1cccc(Cl)c1Cl. The molecular formula is C14H15Cl2NO. The number of carbonyl (C=O) groups excluding carboxylic acids is 1. The minimum absolute atomic E-state index is 0.0972. The Hall–Kier alpha value is -0.730. The molecule has 2 nitrogen and oxygen atoms in total. The summed E-state index contributed by atoms with van der Waals surface area (Å²) in [5, 5.41) is 3.89. The van der Waals surface area contributed by atoms with Gasteiger partial charge in [-0.2, -0.15) is 0 Å². The highest BCUT2D eigenvalue weighted by Gasteiger charge is 2.40. The first-order valence-electron chi connectivity index (χ1n) is 6.40. The van der Waals surface area contributed by atoms with E-state index in [2.05, 4.69) is 5.32 Å². The normalized spacial score (nSPS) is 29.6. The van der Waals surface area contributed by atoms with Crippen LogP contribution in [0.4, 0.5) is 0 Å². The Kier molecular flexibility index (Phi) is 3.25. The summed E-state index contributed by atoms with van der Waals surface area (Å²) in [7, 11) is 0. The van der Waals surface area contributed by atoms with Crippen molar-refractivity contribution in [1.29, 1.82) is 0 Å². The molecule has 0 radical (unpaired) electrons. The summed E-state index contributed by atoms with van der Waals surface area (Å²) in [5.74, 6) is 1.38. The molecule has 2 bridgehead atoms. The Balaban J connectivity index is 1.73. The van der Waals surface area contributed by atoms with Crippen molar-refractivity contribution in [2.24, 2.45) is 11.8 Å². The molecule has 0 saturated heterocycles. The van der Waals surface area contributed by atoms with Crippen molar-refractivity contribution < 1.29 is 4.79 Å². The summed E-state index contributed by atoms with van der Waals surface area (Å²) in [6.07, 6.45) is 4.97. The summed E-state index contributed by atoms with van der Waals surface area (Å²) in [5.41, 5.74) is 0.479. The van der Waals surface area contributed by atoms with Crippen molar-refractivity contribution >= 4 is 29.1 Å². The van der Waals surface area contributed by atoms with E-state index in [9.17, 15) is 4.79 Å². The lowest BCUT2D eigenvalue weighted by atomic mass is 9.95. The Labute approximate surface area is 117 Å². The second-order valence-corrected chi connectivity index (χ2v) is 6.14. The smallest absolute Gasteiger partial charge is 0.253 e. The maximum absolute atomic E-state index is 12.2. The Bertz CT molecular complexity index is 489. The van der Waals surface area contributed by atoms with Gasteiger partial charge in [-0.15, -0.1) is 0 Å². The summed E-state index contributed by atoms with van der Waals surface area (Å²) in [4.78, 5) is 12.2. The van der Waals surface area contributed by atoms with E-state index in [1.807, 2.05) is 0 Å². The van der Waals surface area contributed by atoms with Crippen LogP contribution in [0.15, 0.2) is 18.2 Å². The van der Waals surface area contributed by atoms with E-state index in [1.54, 1.807) is 18.2 Å². The highest BCUT2D eigenvalue weighted by atomic mass is 35.5. The van der Waals surface area contributed by atoms with Gasteiger partial charge in [-0.3, -0.25) is 4.79 Å². The van der Waals surface area contributed by atoms with Gasteiger partial charge in [0.2, 0.25) is 0 Å². The van der Waals surface area contributed by atoms with Crippen molar-refractivity contribution in [3.8, 4) is 0 Å². The molecule has 2 aliphatic rings. The predicted octanol–water partition coefficient (Wildman–Crippen LogP) is 3.91. The topological polar surface area (TPSA) is 29.1 Å². The monoisotopic (exact) mass is 283 g/mol. The molecule has 2 fully saturated rings. The fourth-order valence-corrected chi connectivity index (χ4v) is 3.73. The van der Waals surface area contributed by atoms with Gasteiger partial charge in [0.15, 0.2) is 0 Å². The third-order valence-electron chi connectivity index (χ3n) is 4.25. The summed E-state index contributed by atoms with van der Waals surface area (Å²) in [6.45, 7) is 0. The average molecular weight is 284 g/mol. The summed E-state index contributed by atoms with van der Waals surface area (Å²) < 4.78 is 0. The number of amides is 1. The van der Waals surface area contributed by atoms with Gasteiger partial charge in [0.1, 0.15) is 0 Å². The van der Waals surface area contributed by atoms with E-state index in [0.717, 1.165) is 12.3 Å². The largest absolute Gasteiger partial charge is 0.349 e. The van der Waals surface area contributed by atoms with Crippen LogP contribution in [-0.4, -0.2) is 11.9 Å². The molecule has 1 aromatic carbocycles. The molecular weight excluding hydrogens is 269 g/mol. The molecule has 2 saturated carbocycles. The lowest BCUT2D eigenvalue weighted by molar-refractivity contribution is 0.0923. The molecule has 3 atom stereocenters. The van der Waals surface area contributed by atoms with Crippen LogP contribution >= 0.6 is 23.2 Å². The molecule has 1 aromatic rings. The third-order valence-corrected chi connectivity index (χ3v) is 5.07. The third kappa shape index (κ3) is 2.12. The Morgan fingerprint density at radius 3 is 2.72 bits per heavy atom. The average Bonchev–Trinajstić information content (AvgIpc) is 2.94.